The molecule has 2 amide bonds. The lowest BCUT2D eigenvalue weighted by molar-refractivity contribution is 0.237. The van der Waals surface area contributed by atoms with Gasteiger partial charge in [0, 0.05) is 30.8 Å². The van der Waals surface area contributed by atoms with Crippen molar-refractivity contribution in [1.29, 1.82) is 0 Å². The quantitative estimate of drug-likeness (QED) is 0.793. The van der Waals surface area contributed by atoms with Crippen LogP contribution in [0.25, 0.3) is 0 Å². The summed E-state index contributed by atoms with van der Waals surface area (Å²) in [6.45, 7) is 3.59. The van der Waals surface area contributed by atoms with E-state index in [1.165, 1.54) is 12.1 Å². The Morgan fingerprint density at radius 2 is 1.91 bits per heavy atom. The first-order chi connectivity index (χ1) is 10.6. The molecule has 0 unspecified atom stereocenters. The number of sulfone groups is 1. The molecule has 0 fully saturated rings. The summed E-state index contributed by atoms with van der Waals surface area (Å²) in [5, 5.41) is 5.21. The van der Waals surface area contributed by atoms with Gasteiger partial charge in [0.25, 0.3) is 0 Å². The molecule has 0 saturated heterocycles. The van der Waals surface area contributed by atoms with Crippen LogP contribution < -0.4 is 10.6 Å². The normalized spacial score (nSPS) is 14.1. The summed E-state index contributed by atoms with van der Waals surface area (Å²) in [4.78, 5) is 11.7. The maximum atomic E-state index is 13.6. The van der Waals surface area contributed by atoms with Gasteiger partial charge in [0.2, 0.25) is 0 Å². The van der Waals surface area contributed by atoms with E-state index in [4.69, 9.17) is 0 Å². The lowest BCUT2D eigenvalue weighted by Crippen LogP contribution is -2.42. The molecule has 0 saturated carbocycles. The molecule has 0 spiro atoms. The van der Waals surface area contributed by atoms with E-state index in [1.807, 2.05) is 0 Å². The molecular weight excluding hydrogens is 326 g/mol. The molecule has 0 aliphatic heterocycles. The lowest BCUT2D eigenvalue weighted by Gasteiger charge is -2.17. The number of urea groups is 1. The average molecular weight is 348 g/mol. The van der Waals surface area contributed by atoms with Gasteiger partial charge in [-0.25, -0.2) is 22.0 Å². The highest BCUT2D eigenvalue weighted by molar-refractivity contribution is 7.90. The van der Waals surface area contributed by atoms with Crippen LogP contribution >= 0.6 is 0 Å². The molecule has 130 valence electrons. The van der Waals surface area contributed by atoms with Crippen molar-refractivity contribution in [3.63, 3.8) is 0 Å². The van der Waals surface area contributed by atoms with Gasteiger partial charge >= 0.3 is 6.03 Å². The maximum Gasteiger partial charge on any atom is 0.315 e. The predicted octanol–water partition coefficient (Wildman–Crippen LogP) is 2.19. The first-order valence-electron chi connectivity index (χ1n) is 7.25. The zero-order valence-electron chi connectivity index (χ0n) is 13.4. The monoisotopic (exact) mass is 348 g/mol. The number of rotatable bonds is 7. The molecule has 23 heavy (non-hydrogen) atoms. The molecule has 2 atom stereocenters. The topological polar surface area (TPSA) is 75.3 Å². The Labute approximate surface area is 135 Å². The summed E-state index contributed by atoms with van der Waals surface area (Å²) >= 11 is 0. The summed E-state index contributed by atoms with van der Waals surface area (Å²) in [7, 11) is -3.07. The van der Waals surface area contributed by atoms with Crippen molar-refractivity contribution in [1.82, 2.24) is 10.6 Å². The van der Waals surface area contributed by atoms with Crippen LogP contribution in [0.3, 0.4) is 0 Å². The minimum Gasteiger partial charge on any atom is -0.338 e. The summed E-state index contributed by atoms with van der Waals surface area (Å²) < 4.78 is 48.6. The number of hydrogen-bond donors (Lipinski definition) is 2. The Bertz CT molecular complexity index is 650. The minimum absolute atomic E-state index is 0.00829. The third-order valence-corrected chi connectivity index (χ3v) is 4.34. The highest BCUT2D eigenvalue weighted by Crippen LogP contribution is 2.19. The third-order valence-electron chi connectivity index (χ3n) is 3.36. The van der Waals surface area contributed by atoms with E-state index in [-0.39, 0.29) is 24.3 Å². The molecule has 5 nitrogen and oxygen atoms in total. The second-order valence-electron chi connectivity index (χ2n) is 5.74. The highest BCUT2D eigenvalue weighted by atomic mass is 32.2. The van der Waals surface area contributed by atoms with E-state index in [2.05, 4.69) is 10.6 Å². The van der Waals surface area contributed by atoms with E-state index < -0.39 is 27.5 Å². The number of carbonyl (C=O) groups excluding carboxylic acids is 1. The van der Waals surface area contributed by atoms with Crippen LogP contribution in [-0.2, 0) is 9.84 Å². The zero-order valence-corrected chi connectivity index (χ0v) is 14.2. The SMILES string of the molecule is C[C@H](CCS(C)(=O)=O)NC(=O)NC[C@H](C)c1ccc(F)cc1F. The van der Waals surface area contributed by atoms with E-state index >= 15 is 0 Å². The van der Waals surface area contributed by atoms with Crippen LogP contribution in [0.2, 0.25) is 0 Å². The van der Waals surface area contributed by atoms with Crippen molar-refractivity contribution in [2.75, 3.05) is 18.6 Å². The zero-order chi connectivity index (χ0) is 17.6. The van der Waals surface area contributed by atoms with Gasteiger partial charge in [0.05, 0.1) is 5.75 Å². The van der Waals surface area contributed by atoms with Crippen LogP contribution in [0.5, 0.6) is 0 Å². The van der Waals surface area contributed by atoms with E-state index in [1.54, 1.807) is 13.8 Å². The highest BCUT2D eigenvalue weighted by Gasteiger charge is 2.14. The number of nitrogens with one attached hydrogen (secondary N) is 2. The van der Waals surface area contributed by atoms with Crippen molar-refractivity contribution >= 4 is 15.9 Å². The Balaban J connectivity index is 2.43. The molecule has 8 heteroatoms. The maximum absolute atomic E-state index is 13.6. The number of hydrogen-bond acceptors (Lipinski definition) is 3. The fourth-order valence-corrected chi connectivity index (χ4v) is 2.78. The van der Waals surface area contributed by atoms with Gasteiger partial charge in [-0.05, 0) is 25.0 Å². The van der Waals surface area contributed by atoms with Gasteiger partial charge in [-0.2, -0.15) is 0 Å². The summed E-state index contributed by atoms with van der Waals surface area (Å²) in [5.41, 5.74) is 0.317. The van der Waals surface area contributed by atoms with Crippen LogP contribution in [0.15, 0.2) is 18.2 Å². The molecule has 1 rings (SSSR count). The smallest absolute Gasteiger partial charge is 0.315 e. The summed E-state index contributed by atoms with van der Waals surface area (Å²) in [5.74, 6) is -1.64. The molecular formula is C15H22F2N2O3S. The van der Waals surface area contributed by atoms with Gasteiger partial charge in [-0.3, -0.25) is 0 Å². The number of carbonyl (C=O) groups is 1. The standard InChI is InChI=1S/C15H22F2N2O3S/c1-10(13-5-4-12(16)8-14(13)17)9-18-15(20)19-11(2)6-7-23(3,21)22/h4-5,8,10-11H,6-7,9H2,1-3H3,(H2,18,19,20)/t10-,11+/m0/s1. The van der Waals surface area contributed by atoms with Crippen LogP contribution in [-0.4, -0.2) is 39.0 Å². The second-order valence-corrected chi connectivity index (χ2v) is 8.00. The summed E-state index contributed by atoms with van der Waals surface area (Å²) in [6, 6.07) is 2.56. The largest absolute Gasteiger partial charge is 0.338 e. The minimum atomic E-state index is -3.07. The van der Waals surface area contributed by atoms with Gasteiger partial charge in [0.1, 0.15) is 21.5 Å². The fourth-order valence-electron chi connectivity index (χ4n) is 1.99. The first-order valence-corrected chi connectivity index (χ1v) is 9.31. The molecule has 2 N–H and O–H groups in total. The molecule has 1 aromatic carbocycles. The molecule has 0 aromatic heterocycles. The van der Waals surface area contributed by atoms with Gasteiger partial charge < -0.3 is 10.6 Å². The van der Waals surface area contributed by atoms with Crippen LogP contribution in [0.1, 0.15) is 31.7 Å². The number of benzene rings is 1. The molecule has 0 aliphatic carbocycles. The summed E-state index contributed by atoms with van der Waals surface area (Å²) in [6.07, 6.45) is 1.45. The predicted molar refractivity (Wildman–Crippen MR) is 85.1 cm³/mol. The first kappa shape index (κ1) is 19.3. The lowest BCUT2D eigenvalue weighted by atomic mass is 10.0. The van der Waals surface area contributed by atoms with Crippen LogP contribution in [0, 0.1) is 11.6 Å². The second kappa shape index (κ2) is 8.24. The average Bonchev–Trinajstić information content (AvgIpc) is 2.42. The third kappa shape index (κ3) is 7.40. The molecule has 0 bridgehead atoms. The number of amides is 2. The van der Waals surface area contributed by atoms with Crippen molar-refractivity contribution in [3.8, 4) is 0 Å². The van der Waals surface area contributed by atoms with Crippen LogP contribution in [0.4, 0.5) is 13.6 Å². The molecule has 0 heterocycles. The van der Waals surface area contributed by atoms with Gasteiger partial charge in [-0.1, -0.05) is 13.0 Å². The Morgan fingerprint density at radius 1 is 1.26 bits per heavy atom. The van der Waals surface area contributed by atoms with Gasteiger partial charge in [0.15, 0.2) is 0 Å². The van der Waals surface area contributed by atoms with E-state index in [0.717, 1.165) is 12.3 Å². The Kier molecular flexibility index (Phi) is 6.93. The molecule has 0 radical (unpaired) electrons. The van der Waals surface area contributed by atoms with Crippen molar-refractivity contribution < 1.29 is 22.0 Å². The Morgan fingerprint density at radius 3 is 2.48 bits per heavy atom. The van der Waals surface area contributed by atoms with Crippen molar-refractivity contribution in [2.45, 2.75) is 32.2 Å². The Hall–Kier alpha value is -1.70. The molecule has 1 aromatic rings. The molecule has 0 aliphatic rings. The van der Waals surface area contributed by atoms with Gasteiger partial charge in [-0.15, -0.1) is 0 Å². The van der Waals surface area contributed by atoms with Crippen molar-refractivity contribution in [2.24, 2.45) is 0 Å². The fraction of sp³-hybridized carbons (Fsp3) is 0.533. The number of halogens is 2. The van der Waals surface area contributed by atoms with E-state index in [9.17, 15) is 22.0 Å². The van der Waals surface area contributed by atoms with Crippen molar-refractivity contribution in [3.05, 3.63) is 35.4 Å². The van der Waals surface area contributed by atoms with E-state index in [0.29, 0.717) is 12.0 Å².